The van der Waals surface area contributed by atoms with Gasteiger partial charge in [-0.15, -0.1) is 0 Å². The van der Waals surface area contributed by atoms with Crippen molar-refractivity contribution >= 4 is 75.2 Å². The van der Waals surface area contributed by atoms with Crippen LogP contribution >= 0.6 is 0 Å². The highest BCUT2D eigenvalue weighted by Crippen LogP contribution is 2.53. The minimum atomic E-state index is -1.10. The predicted octanol–water partition coefficient (Wildman–Crippen LogP) is 4.89. The number of fused-ring (bicyclic) bond motifs is 3. The third-order valence-corrected chi connectivity index (χ3v) is 10.4. The average molecular weight is 779 g/mol. The predicted molar refractivity (Wildman–Crippen MR) is 233 cm³/mol. The molecule has 0 bridgehead atoms. The largest absolute Gasteiger partial charge is 0.504 e. The molecule has 0 fully saturated rings. The molecule has 0 spiro atoms. The summed E-state index contributed by atoms with van der Waals surface area (Å²) in [6.45, 7) is 0. The maximum atomic E-state index is 11.7. The summed E-state index contributed by atoms with van der Waals surface area (Å²) in [6, 6.07) is 34.8. The number of furan rings is 1. The topological polar surface area (TPSA) is 193 Å². The van der Waals surface area contributed by atoms with Crippen LogP contribution in [0.2, 0.25) is 0 Å². The first-order valence-corrected chi connectivity index (χ1v) is 18.2. The van der Waals surface area contributed by atoms with Gasteiger partial charge >= 0.3 is 0 Å². The minimum Gasteiger partial charge on any atom is -0.504 e. The Morgan fingerprint density at radius 3 is 1.23 bits per heavy atom. The van der Waals surface area contributed by atoms with Crippen molar-refractivity contribution in [2.75, 3.05) is 0 Å². The van der Waals surface area contributed by atoms with E-state index >= 15 is 0 Å². The highest BCUT2D eigenvalue weighted by atomic mass is 16.4. The van der Waals surface area contributed by atoms with Crippen molar-refractivity contribution in [2.24, 2.45) is 0 Å². The molecule has 9 rings (SSSR count). The first kappa shape index (κ1) is 37.8. The number of nitrogens with zero attached hydrogens (tertiary/aromatic N) is 3. The van der Waals surface area contributed by atoms with Crippen molar-refractivity contribution in [3.63, 3.8) is 0 Å². The molecule has 2 aromatic heterocycles. The number of phenolic OH excluding ortho intramolecular Hbond substituents is 7. The van der Waals surface area contributed by atoms with Gasteiger partial charge in [-0.25, -0.2) is 15.0 Å². The zero-order valence-corrected chi connectivity index (χ0v) is 31.1. The number of benzene rings is 7. The van der Waals surface area contributed by atoms with Crippen LogP contribution in [-0.4, -0.2) is 82.1 Å². The second-order valence-corrected chi connectivity index (χ2v) is 13.9. The zero-order valence-electron chi connectivity index (χ0n) is 31.1. The number of hydrogen-bond acceptors (Lipinski definition) is 11. The molecule has 0 amide bonds. The summed E-state index contributed by atoms with van der Waals surface area (Å²) in [4.78, 5) is 14.0. The lowest BCUT2D eigenvalue weighted by Gasteiger charge is -2.22. The van der Waals surface area contributed by atoms with Crippen LogP contribution in [0.1, 0.15) is 0 Å². The summed E-state index contributed by atoms with van der Waals surface area (Å²) >= 11 is 0. The van der Waals surface area contributed by atoms with E-state index in [-0.39, 0.29) is 50.2 Å². The van der Waals surface area contributed by atoms with E-state index < -0.39 is 68.0 Å². The van der Waals surface area contributed by atoms with Crippen molar-refractivity contribution in [3.8, 4) is 108 Å². The van der Waals surface area contributed by atoms with Crippen LogP contribution in [0.15, 0.2) is 114 Å². The van der Waals surface area contributed by atoms with Crippen LogP contribution in [0.25, 0.3) is 89.5 Å². The summed E-state index contributed by atoms with van der Waals surface area (Å²) in [5, 5.41) is 75.7. The Labute approximate surface area is 346 Å². The van der Waals surface area contributed by atoms with Crippen LogP contribution in [0.3, 0.4) is 0 Å². The van der Waals surface area contributed by atoms with Gasteiger partial charge in [-0.1, -0.05) is 131 Å². The van der Waals surface area contributed by atoms with E-state index in [1.54, 1.807) is 24.3 Å². The van der Waals surface area contributed by atoms with E-state index in [9.17, 15) is 35.7 Å². The first-order valence-electron chi connectivity index (χ1n) is 18.2. The van der Waals surface area contributed by atoms with Gasteiger partial charge in [0.1, 0.15) is 31.4 Å². The molecule has 0 unspecified atom stereocenters. The molecule has 0 aliphatic carbocycles. The third kappa shape index (κ3) is 5.85. The number of aromatic hydroxyl groups is 7. The molecule has 15 heteroatoms. The highest BCUT2D eigenvalue weighted by Gasteiger charge is 2.31. The number of aromatic nitrogens is 3. The lowest BCUT2D eigenvalue weighted by atomic mass is 9.68. The lowest BCUT2D eigenvalue weighted by molar-refractivity contribution is 0.348. The number of hydrogen-bond donors (Lipinski definition) is 7. The number of rotatable bonds is 6. The van der Waals surface area contributed by atoms with Gasteiger partial charge in [0.25, 0.3) is 0 Å². The second kappa shape index (κ2) is 14.2. The monoisotopic (exact) mass is 779 g/mol. The van der Waals surface area contributed by atoms with E-state index in [2.05, 4.69) is 34.2 Å². The maximum Gasteiger partial charge on any atom is 0.208 e. The van der Waals surface area contributed by atoms with Crippen LogP contribution in [-0.2, 0) is 0 Å². The SMILES string of the molecule is [B]c1c([B])c(-c2c([B])c([B])c3c(oc4c(O)c(O)c(O)c(O)c43)c2O)c(O)c(O)c1-c1nc(-c2ccccc2)nc(-c2ccc(-c3ccc(-c4ccccc4)cc3)cc2)n1. The fourth-order valence-electron chi connectivity index (χ4n) is 7.33. The van der Waals surface area contributed by atoms with Crippen LogP contribution in [0, 0.1) is 0 Å². The smallest absolute Gasteiger partial charge is 0.208 e. The van der Waals surface area contributed by atoms with Crippen LogP contribution in [0.5, 0.6) is 40.2 Å². The molecule has 0 saturated heterocycles. The Morgan fingerprint density at radius 1 is 0.317 bits per heavy atom. The fourth-order valence-corrected chi connectivity index (χ4v) is 7.33. The number of phenols is 7. The third-order valence-electron chi connectivity index (χ3n) is 10.4. The zero-order chi connectivity index (χ0) is 42.1. The molecule has 9 aromatic rings. The summed E-state index contributed by atoms with van der Waals surface area (Å²) < 4.78 is 5.62. The van der Waals surface area contributed by atoms with Crippen molar-refractivity contribution in [3.05, 3.63) is 109 Å². The van der Waals surface area contributed by atoms with Crippen LogP contribution in [0.4, 0.5) is 0 Å². The van der Waals surface area contributed by atoms with E-state index in [1.165, 1.54) is 0 Å². The summed E-state index contributed by atoms with van der Waals surface area (Å²) in [5.41, 5.74) is 1.65. The Balaban J connectivity index is 1.17. The van der Waals surface area contributed by atoms with Crippen molar-refractivity contribution in [1.82, 2.24) is 15.0 Å². The molecular formula is C45H25B4N3O8. The van der Waals surface area contributed by atoms with E-state index in [0.29, 0.717) is 11.1 Å². The fraction of sp³-hybridized carbons (Fsp3) is 0. The van der Waals surface area contributed by atoms with Gasteiger partial charge in [0.05, 0.1) is 10.9 Å². The molecule has 7 N–H and O–H groups in total. The standard InChI is InChI=1S/C45H25B4N3O8/c46-30-25(26-31(47)32(48)27-28-35(54)38(57)39(58)40(59)42(28)60-41(27)37(26)56)34(53)36(55)29(33(30)49)45-51-43(23-9-5-2-6-10-23)50-44(52-45)24-17-15-22(16-18-24)21-13-11-20(12-14-21)19-7-3-1-4-8-19/h1-18,53-59H. The molecule has 0 aliphatic rings. The molecule has 0 atom stereocenters. The molecular weight excluding hydrogens is 754 g/mol. The maximum absolute atomic E-state index is 11.7. The molecule has 11 nitrogen and oxygen atoms in total. The van der Waals surface area contributed by atoms with Gasteiger partial charge in [0.2, 0.25) is 17.2 Å². The Morgan fingerprint density at radius 2 is 0.683 bits per heavy atom. The van der Waals surface area contributed by atoms with Gasteiger partial charge in [-0.05, 0) is 22.3 Å². The van der Waals surface area contributed by atoms with E-state index in [4.69, 9.17) is 40.8 Å². The van der Waals surface area contributed by atoms with Gasteiger partial charge in [-0.3, -0.25) is 0 Å². The minimum absolute atomic E-state index is 0.155. The molecule has 280 valence electrons. The summed E-state index contributed by atoms with van der Waals surface area (Å²) in [7, 11) is 26.0. The summed E-state index contributed by atoms with van der Waals surface area (Å²) in [6.07, 6.45) is 0. The molecule has 2 heterocycles. The molecule has 60 heavy (non-hydrogen) atoms. The molecule has 8 radical (unpaired) electrons. The first-order chi connectivity index (χ1) is 28.8. The van der Waals surface area contributed by atoms with Crippen LogP contribution < -0.4 is 21.9 Å². The Hall–Kier alpha value is -7.79. The second-order valence-electron chi connectivity index (χ2n) is 13.9. The molecule has 0 saturated carbocycles. The quantitative estimate of drug-likeness (QED) is 0.0691. The van der Waals surface area contributed by atoms with E-state index in [1.807, 2.05) is 60.7 Å². The Bertz CT molecular complexity index is 3170. The normalized spacial score (nSPS) is 11.4. The van der Waals surface area contributed by atoms with Crippen molar-refractivity contribution < 1.29 is 40.2 Å². The lowest BCUT2D eigenvalue weighted by Crippen LogP contribution is -2.34. The average Bonchev–Trinajstić information content (AvgIpc) is 3.70. The van der Waals surface area contributed by atoms with E-state index in [0.717, 1.165) is 22.3 Å². The summed E-state index contributed by atoms with van der Waals surface area (Å²) in [5.74, 6) is -6.37. The molecule has 7 aromatic carbocycles. The van der Waals surface area contributed by atoms with Gasteiger partial charge in [0.15, 0.2) is 51.6 Å². The van der Waals surface area contributed by atoms with Gasteiger partial charge < -0.3 is 40.2 Å². The van der Waals surface area contributed by atoms with Crippen molar-refractivity contribution in [1.29, 1.82) is 0 Å². The van der Waals surface area contributed by atoms with Gasteiger partial charge in [0, 0.05) is 27.6 Å². The van der Waals surface area contributed by atoms with Gasteiger partial charge in [-0.2, -0.15) is 0 Å². The van der Waals surface area contributed by atoms with Crippen molar-refractivity contribution in [2.45, 2.75) is 0 Å². The molecule has 0 aliphatic heterocycles. The Kier molecular flexibility index (Phi) is 8.96. The highest BCUT2D eigenvalue weighted by molar-refractivity contribution is 6.59.